The minimum atomic E-state index is -0.0208. The van der Waals surface area contributed by atoms with E-state index in [1.807, 2.05) is 17.5 Å². The maximum Gasteiger partial charge on any atom is 0.240 e. The van der Waals surface area contributed by atoms with Crippen molar-refractivity contribution in [3.05, 3.63) is 22.3 Å². The molecule has 0 aliphatic rings. The maximum atomic E-state index is 12.1. The number of nitrogens with zero attached hydrogens (tertiary/aromatic N) is 2. The molecule has 0 aliphatic heterocycles. The molecular weight excluding hydrogens is 340 g/mol. The first kappa shape index (κ1) is 18.9. The van der Waals surface area contributed by atoms with E-state index in [1.165, 1.54) is 25.7 Å². The second-order valence-corrected chi connectivity index (χ2v) is 7.70. The molecule has 2 N–H and O–H groups in total. The summed E-state index contributed by atoms with van der Waals surface area (Å²) in [5.41, 5.74) is 0. The minimum Gasteiger partial charge on any atom is -0.355 e. The van der Waals surface area contributed by atoms with Gasteiger partial charge in [-0.15, -0.1) is 11.3 Å². The van der Waals surface area contributed by atoms with Gasteiger partial charge in [-0.05, 0) is 36.0 Å². The Hall–Kier alpha value is -1.47. The third-order valence-electron chi connectivity index (χ3n) is 3.83. The molecule has 0 bridgehead atoms. The zero-order valence-electron chi connectivity index (χ0n) is 14.4. The largest absolute Gasteiger partial charge is 0.355 e. The predicted molar refractivity (Wildman–Crippen MR) is 102 cm³/mol. The van der Waals surface area contributed by atoms with Gasteiger partial charge in [0.15, 0.2) is 10.6 Å². The fourth-order valence-electron chi connectivity index (χ4n) is 2.52. The van der Waals surface area contributed by atoms with E-state index in [0.717, 1.165) is 29.6 Å². The van der Waals surface area contributed by atoms with Gasteiger partial charge in [0.2, 0.25) is 5.91 Å². The summed E-state index contributed by atoms with van der Waals surface area (Å²) in [6.07, 6.45) is 6.00. The van der Waals surface area contributed by atoms with Gasteiger partial charge in [0.1, 0.15) is 6.54 Å². The van der Waals surface area contributed by atoms with Crippen molar-refractivity contribution in [1.82, 2.24) is 20.1 Å². The Balaban J connectivity index is 1.74. The van der Waals surface area contributed by atoms with E-state index < -0.39 is 0 Å². The first-order valence-corrected chi connectivity index (χ1v) is 9.82. The van der Waals surface area contributed by atoms with Crippen molar-refractivity contribution in [2.75, 3.05) is 6.54 Å². The van der Waals surface area contributed by atoms with Crippen molar-refractivity contribution in [2.24, 2.45) is 5.92 Å². The van der Waals surface area contributed by atoms with Gasteiger partial charge in [-0.25, -0.2) is 0 Å². The van der Waals surface area contributed by atoms with Crippen LogP contribution in [0, 0.1) is 10.7 Å². The summed E-state index contributed by atoms with van der Waals surface area (Å²) in [4.78, 5) is 13.1. The molecule has 0 atom stereocenters. The standard InChI is InChI=1S/C17H26N4OS2/c1-13(2)8-5-3-4-6-10-18-15(22)12-21-16(19-20-17(21)23)14-9-7-11-24-14/h7,9,11,13H,3-6,8,10,12H2,1-2H3,(H,18,22)(H,20,23). The Bertz CT molecular complexity index is 673. The van der Waals surface area contributed by atoms with E-state index in [4.69, 9.17) is 12.2 Å². The van der Waals surface area contributed by atoms with E-state index in [-0.39, 0.29) is 12.5 Å². The molecule has 0 saturated carbocycles. The monoisotopic (exact) mass is 366 g/mol. The molecule has 0 fully saturated rings. The molecule has 2 aromatic heterocycles. The first-order valence-electron chi connectivity index (χ1n) is 8.53. The van der Waals surface area contributed by atoms with E-state index in [1.54, 1.807) is 15.9 Å². The van der Waals surface area contributed by atoms with E-state index in [0.29, 0.717) is 4.77 Å². The van der Waals surface area contributed by atoms with Crippen molar-refractivity contribution in [2.45, 2.75) is 52.5 Å². The predicted octanol–water partition coefficient (Wildman–Crippen LogP) is 4.39. The Kier molecular flexibility index (Phi) is 7.65. The van der Waals surface area contributed by atoms with Crippen LogP contribution in [0.4, 0.5) is 0 Å². The van der Waals surface area contributed by atoms with Crippen molar-refractivity contribution < 1.29 is 4.79 Å². The molecular formula is C17H26N4OS2. The lowest BCUT2D eigenvalue weighted by Crippen LogP contribution is -2.28. The number of aromatic amines is 1. The number of rotatable bonds is 10. The maximum absolute atomic E-state index is 12.1. The number of aromatic nitrogens is 3. The number of H-pyrrole nitrogens is 1. The molecule has 0 unspecified atom stereocenters. The third kappa shape index (κ3) is 5.87. The molecule has 2 aromatic rings. The van der Waals surface area contributed by atoms with Crippen LogP contribution >= 0.6 is 23.6 Å². The number of carbonyl (C=O) groups excluding carboxylic acids is 1. The fourth-order valence-corrected chi connectivity index (χ4v) is 3.44. The van der Waals surface area contributed by atoms with E-state index in [2.05, 4.69) is 29.4 Å². The van der Waals surface area contributed by atoms with Crippen molar-refractivity contribution in [3.8, 4) is 10.7 Å². The van der Waals surface area contributed by atoms with Gasteiger partial charge < -0.3 is 5.32 Å². The molecule has 5 nitrogen and oxygen atoms in total. The Morgan fingerprint density at radius 3 is 2.88 bits per heavy atom. The zero-order chi connectivity index (χ0) is 17.4. The molecule has 0 aromatic carbocycles. The van der Waals surface area contributed by atoms with Gasteiger partial charge in [-0.2, -0.15) is 5.10 Å². The zero-order valence-corrected chi connectivity index (χ0v) is 16.0. The summed E-state index contributed by atoms with van der Waals surface area (Å²) in [6.45, 7) is 5.44. The average molecular weight is 367 g/mol. The quantitative estimate of drug-likeness (QED) is 0.484. The number of amides is 1. The summed E-state index contributed by atoms with van der Waals surface area (Å²) < 4.78 is 2.22. The van der Waals surface area contributed by atoms with E-state index in [9.17, 15) is 4.79 Å². The molecule has 7 heteroatoms. The van der Waals surface area contributed by atoms with Crippen LogP contribution in [0.25, 0.3) is 10.7 Å². The number of thiophene rings is 1. The van der Waals surface area contributed by atoms with Crippen LogP contribution in [-0.2, 0) is 11.3 Å². The number of hydrogen-bond donors (Lipinski definition) is 2. The molecule has 1 amide bonds. The Labute approximate surface area is 152 Å². The first-order chi connectivity index (χ1) is 11.6. The Morgan fingerprint density at radius 1 is 1.38 bits per heavy atom. The SMILES string of the molecule is CC(C)CCCCCCNC(=O)Cn1c(-c2cccs2)n[nH]c1=S. The second kappa shape index (κ2) is 9.74. The van der Waals surface area contributed by atoms with Crippen LogP contribution in [0.2, 0.25) is 0 Å². The van der Waals surface area contributed by atoms with Crippen molar-refractivity contribution in [1.29, 1.82) is 0 Å². The average Bonchev–Trinajstić information content (AvgIpc) is 3.17. The van der Waals surface area contributed by atoms with Crippen LogP contribution in [-0.4, -0.2) is 27.2 Å². The molecule has 24 heavy (non-hydrogen) atoms. The highest BCUT2D eigenvalue weighted by molar-refractivity contribution is 7.71. The lowest BCUT2D eigenvalue weighted by atomic mass is 10.0. The van der Waals surface area contributed by atoms with Crippen molar-refractivity contribution in [3.63, 3.8) is 0 Å². The highest BCUT2D eigenvalue weighted by Gasteiger charge is 2.12. The van der Waals surface area contributed by atoms with Gasteiger partial charge in [0.25, 0.3) is 0 Å². The summed E-state index contributed by atoms with van der Waals surface area (Å²) in [5, 5.41) is 12.0. The second-order valence-electron chi connectivity index (χ2n) is 6.36. The summed E-state index contributed by atoms with van der Waals surface area (Å²) >= 11 is 6.82. The minimum absolute atomic E-state index is 0.0208. The number of nitrogens with one attached hydrogen (secondary N) is 2. The van der Waals surface area contributed by atoms with Gasteiger partial charge in [0.05, 0.1) is 4.88 Å². The summed E-state index contributed by atoms with van der Waals surface area (Å²) in [7, 11) is 0. The van der Waals surface area contributed by atoms with Crippen LogP contribution in [0.5, 0.6) is 0 Å². The van der Waals surface area contributed by atoms with Gasteiger partial charge in [-0.3, -0.25) is 14.5 Å². The molecule has 0 spiro atoms. The summed E-state index contributed by atoms with van der Waals surface area (Å²) in [6, 6.07) is 3.93. The number of unbranched alkanes of at least 4 members (excludes halogenated alkanes) is 3. The highest BCUT2D eigenvalue weighted by Crippen LogP contribution is 2.22. The van der Waals surface area contributed by atoms with Gasteiger partial charge in [0, 0.05) is 6.54 Å². The highest BCUT2D eigenvalue weighted by atomic mass is 32.1. The van der Waals surface area contributed by atoms with Crippen LogP contribution < -0.4 is 5.32 Å². The number of carbonyl (C=O) groups is 1. The molecule has 132 valence electrons. The smallest absolute Gasteiger partial charge is 0.240 e. The summed E-state index contributed by atoms with van der Waals surface area (Å²) in [5.74, 6) is 1.48. The van der Waals surface area contributed by atoms with Gasteiger partial charge >= 0.3 is 0 Å². The normalized spacial score (nSPS) is 11.1. The van der Waals surface area contributed by atoms with E-state index >= 15 is 0 Å². The molecule has 0 aliphatic carbocycles. The van der Waals surface area contributed by atoms with Gasteiger partial charge in [-0.1, -0.05) is 45.6 Å². The molecule has 0 radical (unpaired) electrons. The molecule has 0 saturated heterocycles. The lowest BCUT2D eigenvalue weighted by molar-refractivity contribution is -0.121. The third-order valence-corrected chi connectivity index (χ3v) is 5.01. The Morgan fingerprint density at radius 2 is 2.17 bits per heavy atom. The number of hydrogen-bond acceptors (Lipinski definition) is 4. The lowest BCUT2D eigenvalue weighted by Gasteiger charge is -2.08. The van der Waals surface area contributed by atoms with Crippen LogP contribution in [0.3, 0.4) is 0 Å². The molecule has 2 heterocycles. The topological polar surface area (TPSA) is 62.7 Å². The van der Waals surface area contributed by atoms with Crippen LogP contribution in [0.15, 0.2) is 17.5 Å². The fraction of sp³-hybridized carbons (Fsp3) is 0.588. The molecule has 2 rings (SSSR count). The van der Waals surface area contributed by atoms with Crippen molar-refractivity contribution >= 4 is 29.5 Å². The van der Waals surface area contributed by atoms with Crippen LogP contribution in [0.1, 0.15) is 46.0 Å².